The highest BCUT2D eigenvalue weighted by atomic mass is 35.5. The molecule has 1 unspecified atom stereocenters. The number of hydrogen-bond acceptors (Lipinski definition) is 3. The molecule has 1 aromatic heterocycles. The molecule has 0 saturated carbocycles. The molecule has 3 rings (SSSR count). The van der Waals surface area contributed by atoms with E-state index in [1.54, 1.807) is 11.0 Å². The lowest BCUT2D eigenvalue weighted by Crippen LogP contribution is -2.28. The lowest BCUT2D eigenvalue weighted by molar-refractivity contribution is 0.0785. The number of carbonyl (C=O) groups excluding carboxylic acids is 1. The maximum Gasteiger partial charge on any atom is 0.276 e. The molecule has 1 aliphatic heterocycles. The Kier molecular flexibility index (Phi) is 3.63. The van der Waals surface area contributed by atoms with E-state index < -0.39 is 0 Å². The van der Waals surface area contributed by atoms with E-state index in [2.05, 4.69) is 15.4 Å². The van der Waals surface area contributed by atoms with Crippen molar-refractivity contribution in [3.63, 3.8) is 0 Å². The molecule has 0 spiro atoms. The van der Waals surface area contributed by atoms with Crippen molar-refractivity contribution in [1.29, 1.82) is 0 Å². The number of H-pyrrole nitrogens is 1. The summed E-state index contributed by atoms with van der Waals surface area (Å²) in [6, 6.07) is 5.49. The van der Waals surface area contributed by atoms with E-state index in [9.17, 15) is 4.79 Å². The first-order chi connectivity index (χ1) is 9.65. The summed E-state index contributed by atoms with van der Waals surface area (Å²) in [6.07, 6.45) is 2.32. The highest BCUT2D eigenvalue weighted by Crippen LogP contribution is 2.33. The summed E-state index contributed by atoms with van der Waals surface area (Å²) in [4.78, 5) is 13.9. The molecule has 7 heteroatoms. The van der Waals surface area contributed by atoms with Crippen molar-refractivity contribution in [2.75, 3.05) is 13.1 Å². The Morgan fingerprint density at radius 2 is 2.25 bits per heavy atom. The fourth-order valence-corrected chi connectivity index (χ4v) is 3.06. The van der Waals surface area contributed by atoms with Crippen molar-refractivity contribution in [3.05, 3.63) is 45.7 Å². The van der Waals surface area contributed by atoms with Crippen LogP contribution in [0.15, 0.2) is 24.4 Å². The third-order valence-electron chi connectivity index (χ3n) is 3.51. The molecule has 1 amide bonds. The van der Waals surface area contributed by atoms with Gasteiger partial charge in [0, 0.05) is 29.1 Å². The number of benzene rings is 1. The predicted octanol–water partition coefficient (Wildman–Crippen LogP) is 2.74. The number of hydrogen-bond donors (Lipinski definition) is 1. The van der Waals surface area contributed by atoms with Crippen LogP contribution in [0.2, 0.25) is 10.0 Å². The molecule has 20 heavy (non-hydrogen) atoms. The molecule has 0 aliphatic carbocycles. The van der Waals surface area contributed by atoms with Crippen LogP contribution < -0.4 is 0 Å². The van der Waals surface area contributed by atoms with E-state index in [1.165, 1.54) is 6.20 Å². The second-order valence-electron chi connectivity index (χ2n) is 4.76. The zero-order chi connectivity index (χ0) is 14.1. The van der Waals surface area contributed by atoms with E-state index in [0.29, 0.717) is 28.8 Å². The lowest BCUT2D eigenvalue weighted by atomic mass is 9.98. The molecular weight excluding hydrogens is 299 g/mol. The van der Waals surface area contributed by atoms with Crippen LogP contribution in [-0.4, -0.2) is 39.3 Å². The van der Waals surface area contributed by atoms with Gasteiger partial charge in [-0.25, -0.2) is 0 Å². The Morgan fingerprint density at radius 1 is 1.40 bits per heavy atom. The number of carbonyl (C=O) groups is 1. The highest BCUT2D eigenvalue weighted by molar-refractivity contribution is 6.35. The molecule has 1 saturated heterocycles. The summed E-state index contributed by atoms with van der Waals surface area (Å²) < 4.78 is 0. The summed E-state index contributed by atoms with van der Waals surface area (Å²) in [7, 11) is 0. The molecule has 2 aromatic rings. The standard InChI is InChI=1S/C13H12Cl2N4O/c14-9-1-2-10(11(15)5-9)8-3-4-19(7-8)13(20)12-6-16-18-17-12/h1-2,5-6,8H,3-4,7H2,(H,16,17,18). The van der Waals surface area contributed by atoms with Gasteiger partial charge >= 0.3 is 0 Å². The zero-order valence-corrected chi connectivity index (χ0v) is 12.0. The predicted molar refractivity (Wildman–Crippen MR) is 76.1 cm³/mol. The fraction of sp³-hybridized carbons (Fsp3) is 0.308. The molecule has 1 aliphatic rings. The average Bonchev–Trinajstić information content (AvgIpc) is 3.09. The number of amides is 1. The van der Waals surface area contributed by atoms with Crippen molar-refractivity contribution in [1.82, 2.24) is 20.3 Å². The van der Waals surface area contributed by atoms with Gasteiger partial charge in [0.15, 0.2) is 5.69 Å². The minimum Gasteiger partial charge on any atom is -0.337 e. The van der Waals surface area contributed by atoms with Gasteiger partial charge in [-0.1, -0.05) is 29.3 Å². The SMILES string of the molecule is O=C(c1cn[nH]n1)N1CCC(c2ccc(Cl)cc2Cl)C1. The number of nitrogens with one attached hydrogen (secondary N) is 1. The van der Waals surface area contributed by atoms with Gasteiger partial charge in [0.25, 0.3) is 5.91 Å². The maximum absolute atomic E-state index is 12.2. The second kappa shape index (κ2) is 5.42. The summed E-state index contributed by atoms with van der Waals surface area (Å²) >= 11 is 12.1. The number of nitrogens with zero attached hydrogens (tertiary/aromatic N) is 3. The van der Waals surface area contributed by atoms with E-state index in [0.717, 1.165) is 12.0 Å². The number of halogens is 2. The maximum atomic E-state index is 12.2. The Balaban J connectivity index is 1.75. The van der Waals surface area contributed by atoms with Gasteiger partial charge in [0.2, 0.25) is 0 Å². The topological polar surface area (TPSA) is 61.9 Å². The van der Waals surface area contributed by atoms with E-state index >= 15 is 0 Å². The largest absolute Gasteiger partial charge is 0.337 e. The van der Waals surface area contributed by atoms with Gasteiger partial charge in [-0.05, 0) is 24.1 Å². The number of rotatable bonds is 2. The van der Waals surface area contributed by atoms with Crippen LogP contribution in [0, 0.1) is 0 Å². The van der Waals surface area contributed by atoms with Gasteiger partial charge < -0.3 is 4.90 Å². The monoisotopic (exact) mass is 310 g/mol. The quantitative estimate of drug-likeness (QED) is 0.927. The zero-order valence-electron chi connectivity index (χ0n) is 10.5. The van der Waals surface area contributed by atoms with E-state index in [1.807, 2.05) is 12.1 Å². The van der Waals surface area contributed by atoms with Gasteiger partial charge in [0.05, 0.1) is 6.20 Å². The van der Waals surface area contributed by atoms with Crippen molar-refractivity contribution < 1.29 is 4.79 Å². The average molecular weight is 311 g/mol. The van der Waals surface area contributed by atoms with Crippen LogP contribution in [0.5, 0.6) is 0 Å². The third-order valence-corrected chi connectivity index (χ3v) is 4.07. The molecule has 104 valence electrons. The first-order valence-corrected chi connectivity index (χ1v) is 7.00. The Hall–Kier alpha value is -1.59. The summed E-state index contributed by atoms with van der Waals surface area (Å²) in [5, 5.41) is 11.2. The molecule has 5 nitrogen and oxygen atoms in total. The van der Waals surface area contributed by atoms with Crippen molar-refractivity contribution in [3.8, 4) is 0 Å². The van der Waals surface area contributed by atoms with Gasteiger partial charge in [0.1, 0.15) is 0 Å². The smallest absolute Gasteiger partial charge is 0.276 e. The number of aromatic nitrogens is 3. The minimum atomic E-state index is -0.105. The van der Waals surface area contributed by atoms with Gasteiger partial charge in [-0.3, -0.25) is 4.79 Å². The van der Waals surface area contributed by atoms with Crippen LogP contribution in [0.3, 0.4) is 0 Å². The van der Waals surface area contributed by atoms with E-state index in [4.69, 9.17) is 23.2 Å². The van der Waals surface area contributed by atoms with Crippen LogP contribution in [0.25, 0.3) is 0 Å². The summed E-state index contributed by atoms with van der Waals surface area (Å²) in [5.74, 6) is 0.127. The fourth-order valence-electron chi connectivity index (χ4n) is 2.50. The number of likely N-dealkylation sites (tertiary alicyclic amines) is 1. The second-order valence-corrected chi connectivity index (χ2v) is 5.60. The van der Waals surface area contributed by atoms with Crippen LogP contribution >= 0.6 is 23.2 Å². The van der Waals surface area contributed by atoms with Crippen molar-refractivity contribution in [2.45, 2.75) is 12.3 Å². The molecular formula is C13H12Cl2N4O. The molecule has 1 aromatic carbocycles. The molecule has 0 radical (unpaired) electrons. The minimum absolute atomic E-state index is 0.105. The first kappa shape index (κ1) is 13.4. The Bertz CT molecular complexity index is 629. The normalized spacial score (nSPS) is 18.5. The molecule has 1 atom stereocenters. The van der Waals surface area contributed by atoms with Crippen LogP contribution in [0.1, 0.15) is 28.4 Å². The highest BCUT2D eigenvalue weighted by Gasteiger charge is 2.30. The lowest BCUT2D eigenvalue weighted by Gasteiger charge is -2.16. The van der Waals surface area contributed by atoms with Crippen molar-refractivity contribution in [2.24, 2.45) is 0 Å². The first-order valence-electron chi connectivity index (χ1n) is 6.25. The Labute approximate surface area is 125 Å². The van der Waals surface area contributed by atoms with E-state index in [-0.39, 0.29) is 11.8 Å². The van der Waals surface area contributed by atoms with Crippen LogP contribution in [-0.2, 0) is 0 Å². The summed E-state index contributed by atoms with van der Waals surface area (Å²) in [6.45, 7) is 1.32. The molecule has 0 bridgehead atoms. The van der Waals surface area contributed by atoms with Gasteiger partial charge in [-0.2, -0.15) is 15.4 Å². The summed E-state index contributed by atoms with van der Waals surface area (Å²) in [5.41, 5.74) is 1.37. The van der Waals surface area contributed by atoms with Crippen molar-refractivity contribution >= 4 is 29.1 Å². The molecule has 1 N–H and O–H groups in total. The Morgan fingerprint density at radius 3 is 2.95 bits per heavy atom. The number of aromatic amines is 1. The van der Waals surface area contributed by atoms with Gasteiger partial charge in [-0.15, -0.1) is 0 Å². The third kappa shape index (κ3) is 2.51. The van der Waals surface area contributed by atoms with Crippen LogP contribution in [0.4, 0.5) is 0 Å². The molecule has 1 fully saturated rings. The molecule has 2 heterocycles.